The molecule has 1 N–H and O–H groups in total. The average molecular weight is 249 g/mol. The summed E-state index contributed by atoms with van der Waals surface area (Å²) >= 11 is 0. The lowest BCUT2D eigenvalue weighted by molar-refractivity contribution is 0.0145. The molecule has 0 aromatic heterocycles. The van der Waals surface area contributed by atoms with Gasteiger partial charge in [-0.25, -0.2) is 0 Å². The van der Waals surface area contributed by atoms with Crippen LogP contribution in [0.4, 0.5) is 0 Å². The molecule has 1 aliphatic rings. The summed E-state index contributed by atoms with van der Waals surface area (Å²) in [6.07, 6.45) is 4.21. The van der Waals surface area contributed by atoms with E-state index < -0.39 is 5.60 Å². The molecule has 1 aromatic carbocycles. The minimum absolute atomic E-state index is 0.457. The fourth-order valence-corrected chi connectivity index (χ4v) is 2.79. The van der Waals surface area contributed by atoms with E-state index in [1.165, 1.54) is 5.56 Å². The molecule has 0 aliphatic heterocycles. The van der Waals surface area contributed by atoms with Crippen LogP contribution < -0.4 is 4.74 Å². The van der Waals surface area contributed by atoms with Gasteiger partial charge >= 0.3 is 0 Å². The van der Waals surface area contributed by atoms with E-state index in [-0.39, 0.29) is 0 Å². The van der Waals surface area contributed by atoms with Gasteiger partial charge in [0.25, 0.3) is 0 Å². The molecule has 3 heteroatoms. The van der Waals surface area contributed by atoms with Crippen LogP contribution in [0.25, 0.3) is 0 Å². The van der Waals surface area contributed by atoms with Crippen molar-refractivity contribution < 1.29 is 9.84 Å². The van der Waals surface area contributed by atoms with Gasteiger partial charge in [0.2, 0.25) is 0 Å². The summed E-state index contributed by atoms with van der Waals surface area (Å²) in [6, 6.07) is 8.11. The van der Waals surface area contributed by atoms with E-state index in [2.05, 4.69) is 24.1 Å². The number of nitrogens with zero attached hydrogens (tertiary/aromatic N) is 1. The highest BCUT2D eigenvalue weighted by Gasteiger charge is 2.31. The van der Waals surface area contributed by atoms with E-state index in [4.69, 9.17) is 4.74 Å². The molecule has 0 spiro atoms. The van der Waals surface area contributed by atoms with Gasteiger partial charge in [-0.2, -0.15) is 0 Å². The van der Waals surface area contributed by atoms with Crippen LogP contribution in [-0.4, -0.2) is 36.3 Å². The second-order valence-corrected chi connectivity index (χ2v) is 5.45. The largest absolute Gasteiger partial charge is 0.497 e. The van der Waals surface area contributed by atoms with Crippen LogP contribution in [0.2, 0.25) is 0 Å². The molecule has 0 heterocycles. The number of hydrogen-bond donors (Lipinski definition) is 1. The van der Waals surface area contributed by atoms with E-state index >= 15 is 0 Å². The van der Waals surface area contributed by atoms with Crippen LogP contribution >= 0.6 is 0 Å². The van der Waals surface area contributed by atoms with Crippen molar-refractivity contribution in [2.75, 3.05) is 20.7 Å². The average Bonchev–Trinajstić information content (AvgIpc) is 2.76. The van der Waals surface area contributed by atoms with E-state index in [1.54, 1.807) is 7.11 Å². The number of hydrogen-bond acceptors (Lipinski definition) is 3. The first-order valence-corrected chi connectivity index (χ1v) is 6.65. The first kappa shape index (κ1) is 13.4. The SMILES string of the molecule is COc1ccc(CN(C)CC2(O)CCCC2)cc1. The van der Waals surface area contributed by atoms with Gasteiger partial charge < -0.3 is 9.84 Å². The first-order valence-electron chi connectivity index (χ1n) is 6.65. The third-order valence-corrected chi connectivity index (χ3v) is 3.71. The van der Waals surface area contributed by atoms with Crippen molar-refractivity contribution in [2.45, 2.75) is 37.8 Å². The Morgan fingerprint density at radius 1 is 1.22 bits per heavy atom. The Morgan fingerprint density at radius 2 is 1.83 bits per heavy atom. The maximum Gasteiger partial charge on any atom is 0.118 e. The van der Waals surface area contributed by atoms with Gasteiger partial charge in [-0.05, 0) is 37.6 Å². The zero-order valence-electron chi connectivity index (χ0n) is 11.4. The second kappa shape index (κ2) is 5.72. The van der Waals surface area contributed by atoms with E-state index in [1.807, 2.05) is 12.1 Å². The summed E-state index contributed by atoms with van der Waals surface area (Å²) < 4.78 is 5.14. The summed E-state index contributed by atoms with van der Waals surface area (Å²) in [5.41, 5.74) is 0.793. The first-order chi connectivity index (χ1) is 8.61. The quantitative estimate of drug-likeness (QED) is 0.870. The summed E-state index contributed by atoms with van der Waals surface area (Å²) in [6.45, 7) is 1.63. The van der Waals surface area contributed by atoms with E-state index in [0.717, 1.165) is 44.5 Å². The standard InChI is InChI=1S/C15H23NO2/c1-16(12-15(17)9-3-4-10-15)11-13-5-7-14(18-2)8-6-13/h5-8,17H,3-4,9-12H2,1-2H3. The zero-order valence-corrected chi connectivity index (χ0v) is 11.4. The summed E-state index contributed by atoms with van der Waals surface area (Å²) in [5, 5.41) is 10.4. The molecule has 0 bridgehead atoms. The Hall–Kier alpha value is -1.06. The molecule has 1 fully saturated rings. The number of methoxy groups -OCH3 is 1. The van der Waals surface area contributed by atoms with Crippen molar-refractivity contribution in [3.05, 3.63) is 29.8 Å². The predicted molar refractivity (Wildman–Crippen MR) is 72.7 cm³/mol. The lowest BCUT2D eigenvalue weighted by atomic mass is 10.0. The van der Waals surface area contributed by atoms with Gasteiger partial charge in [-0.15, -0.1) is 0 Å². The predicted octanol–water partition coefficient (Wildman–Crippen LogP) is 2.43. The third kappa shape index (κ3) is 3.47. The molecule has 0 atom stereocenters. The van der Waals surface area contributed by atoms with Crippen LogP contribution in [-0.2, 0) is 6.54 Å². The molecular formula is C15H23NO2. The van der Waals surface area contributed by atoms with Gasteiger partial charge in [-0.1, -0.05) is 25.0 Å². The number of likely N-dealkylation sites (N-methyl/N-ethyl adjacent to an activating group) is 1. The maximum absolute atomic E-state index is 10.4. The smallest absolute Gasteiger partial charge is 0.118 e. The maximum atomic E-state index is 10.4. The van der Waals surface area contributed by atoms with Gasteiger partial charge in [0, 0.05) is 13.1 Å². The van der Waals surface area contributed by atoms with Crippen molar-refractivity contribution in [1.82, 2.24) is 4.90 Å². The van der Waals surface area contributed by atoms with Crippen LogP contribution in [0.1, 0.15) is 31.2 Å². The fourth-order valence-electron chi connectivity index (χ4n) is 2.79. The topological polar surface area (TPSA) is 32.7 Å². The summed E-state index contributed by atoms with van der Waals surface area (Å²) in [4.78, 5) is 2.20. The molecule has 1 saturated carbocycles. The minimum atomic E-state index is -0.457. The minimum Gasteiger partial charge on any atom is -0.497 e. The van der Waals surface area contributed by atoms with Crippen molar-refractivity contribution in [3.63, 3.8) is 0 Å². The van der Waals surface area contributed by atoms with Crippen LogP contribution in [0.15, 0.2) is 24.3 Å². The lowest BCUT2D eigenvalue weighted by Gasteiger charge is -2.28. The molecule has 100 valence electrons. The molecule has 1 aromatic rings. The molecular weight excluding hydrogens is 226 g/mol. The van der Waals surface area contributed by atoms with E-state index in [9.17, 15) is 5.11 Å². The van der Waals surface area contributed by atoms with Crippen LogP contribution in [0, 0.1) is 0 Å². The molecule has 0 radical (unpaired) electrons. The molecule has 0 saturated heterocycles. The number of rotatable bonds is 5. The van der Waals surface area contributed by atoms with Crippen molar-refractivity contribution in [3.8, 4) is 5.75 Å². The number of ether oxygens (including phenoxy) is 1. The highest BCUT2D eigenvalue weighted by Crippen LogP contribution is 2.30. The molecule has 0 amide bonds. The van der Waals surface area contributed by atoms with Gasteiger partial charge in [0.15, 0.2) is 0 Å². The molecule has 1 aliphatic carbocycles. The molecule has 0 unspecified atom stereocenters. The molecule has 18 heavy (non-hydrogen) atoms. The second-order valence-electron chi connectivity index (χ2n) is 5.45. The monoisotopic (exact) mass is 249 g/mol. The zero-order chi connectivity index (χ0) is 13.0. The molecule has 3 nitrogen and oxygen atoms in total. The van der Waals surface area contributed by atoms with E-state index in [0.29, 0.717) is 0 Å². The summed E-state index contributed by atoms with van der Waals surface area (Å²) in [7, 11) is 3.75. The Morgan fingerprint density at radius 3 is 2.39 bits per heavy atom. The Kier molecular flexibility index (Phi) is 4.25. The number of aliphatic hydroxyl groups is 1. The fraction of sp³-hybridized carbons (Fsp3) is 0.600. The molecule has 2 rings (SSSR count). The van der Waals surface area contributed by atoms with Crippen molar-refractivity contribution in [2.24, 2.45) is 0 Å². The van der Waals surface area contributed by atoms with Gasteiger partial charge in [0.1, 0.15) is 5.75 Å². The number of benzene rings is 1. The summed E-state index contributed by atoms with van der Waals surface area (Å²) in [5.74, 6) is 0.885. The van der Waals surface area contributed by atoms with Crippen LogP contribution in [0.5, 0.6) is 5.75 Å². The Labute approximate surface area is 109 Å². The highest BCUT2D eigenvalue weighted by atomic mass is 16.5. The van der Waals surface area contributed by atoms with Crippen molar-refractivity contribution >= 4 is 0 Å². The lowest BCUT2D eigenvalue weighted by Crippen LogP contribution is -2.38. The van der Waals surface area contributed by atoms with Gasteiger partial charge in [0.05, 0.1) is 12.7 Å². The van der Waals surface area contributed by atoms with Crippen LogP contribution in [0.3, 0.4) is 0 Å². The van der Waals surface area contributed by atoms with Crippen molar-refractivity contribution in [1.29, 1.82) is 0 Å². The Balaban J connectivity index is 1.88. The Bertz CT molecular complexity index is 369. The third-order valence-electron chi connectivity index (χ3n) is 3.71. The normalized spacial score (nSPS) is 18.2. The highest BCUT2D eigenvalue weighted by molar-refractivity contribution is 5.27. The van der Waals surface area contributed by atoms with Gasteiger partial charge in [-0.3, -0.25) is 4.90 Å².